The number of nitrogens with zero attached hydrogens (tertiary/aromatic N) is 3. The second kappa shape index (κ2) is 5.47. The summed E-state index contributed by atoms with van der Waals surface area (Å²) >= 11 is 0. The molecule has 1 unspecified atom stereocenters. The van der Waals surface area contributed by atoms with E-state index >= 15 is 0 Å². The molecule has 2 heterocycles. The smallest absolute Gasteiger partial charge is 0.0962 e. The molecule has 0 aromatic carbocycles. The average molecular weight is 235 g/mol. The van der Waals surface area contributed by atoms with E-state index in [1.165, 1.54) is 5.69 Å². The maximum absolute atomic E-state index is 5.25. The van der Waals surface area contributed by atoms with Gasteiger partial charge in [-0.25, -0.2) is 0 Å². The fourth-order valence-electron chi connectivity index (χ4n) is 2.01. The Kier molecular flexibility index (Phi) is 3.97. The van der Waals surface area contributed by atoms with Gasteiger partial charge in [-0.15, -0.1) is 0 Å². The summed E-state index contributed by atoms with van der Waals surface area (Å²) in [6.45, 7) is 6.42. The van der Waals surface area contributed by atoms with Crippen LogP contribution in [0.5, 0.6) is 0 Å². The molecule has 0 spiro atoms. The van der Waals surface area contributed by atoms with E-state index in [1.807, 2.05) is 13.1 Å². The second-order valence-corrected chi connectivity index (χ2v) is 4.61. The minimum Gasteiger partial charge on any atom is -0.375 e. The van der Waals surface area contributed by atoms with Crippen molar-refractivity contribution in [3.63, 3.8) is 0 Å². The molecular weight excluding hydrogens is 214 g/mol. The Hall–Kier alpha value is -1.13. The van der Waals surface area contributed by atoms with Crippen molar-refractivity contribution in [2.75, 3.05) is 45.2 Å². The van der Waals surface area contributed by atoms with Gasteiger partial charge in [-0.05, 0) is 26.1 Å². The summed E-state index contributed by atoms with van der Waals surface area (Å²) in [5, 5.41) is 0. The number of hydrogen-bond acceptors (Lipinski definition) is 4. The van der Waals surface area contributed by atoms with Gasteiger partial charge in [0.05, 0.1) is 23.7 Å². The fourth-order valence-corrected chi connectivity index (χ4v) is 2.01. The van der Waals surface area contributed by atoms with Crippen molar-refractivity contribution in [2.45, 2.75) is 13.0 Å². The lowest BCUT2D eigenvalue weighted by Gasteiger charge is -2.33. The fraction of sp³-hybridized carbons (Fsp3) is 0.615. The topological polar surface area (TPSA) is 28.6 Å². The molecule has 1 aliphatic heterocycles. The minimum absolute atomic E-state index is 0.0662. The molecule has 0 saturated carbocycles. The number of ether oxygens (including phenoxy) is 1. The normalized spacial score (nSPS) is 19.4. The SMILES string of the molecule is COC(C)c1ccc(N2CCN(C)CC2)cn1. The first kappa shape index (κ1) is 12.3. The Balaban J connectivity index is 2.02. The summed E-state index contributed by atoms with van der Waals surface area (Å²) in [6.07, 6.45) is 2.02. The number of rotatable bonds is 3. The highest BCUT2D eigenvalue weighted by Crippen LogP contribution is 2.18. The molecule has 0 N–H and O–H groups in total. The molecule has 0 aliphatic carbocycles. The van der Waals surface area contributed by atoms with E-state index in [0.29, 0.717) is 0 Å². The van der Waals surface area contributed by atoms with Gasteiger partial charge in [0.1, 0.15) is 0 Å². The van der Waals surface area contributed by atoms with E-state index in [4.69, 9.17) is 4.74 Å². The molecule has 1 aromatic rings. The lowest BCUT2D eigenvalue weighted by atomic mass is 10.2. The van der Waals surface area contributed by atoms with Crippen molar-refractivity contribution in [1.82, 2.24) is 9.88 Å². The average Bonchev–Trinajstić information content (AvgIpc) is 2.39. The molecule has 4 nitrogen and oxygen atoms in total. The minimum atomic E-state index is 0.0662. The van der Waals surface area contributed by atoms with Crippen molar-refractivity contribution in [3.8, 4) is 0 Å². The maximum Gasteiger partial charge on any atom is 0.0962 e. The third-order valence-corrected chi connectivity index (χ3v) is 3.41. The highest BCUT2D eigenvalue weighted by molar-refractivity contribution is 5.45. The first-order chi connectivity index (χ1) is 8.20. The molecule has 1 saturated heterocycles. The van der Waals surface area contributed by atoms with Gasteiger partial charge in [-0.2, -0.15) is 0 Å². The first-order valence-electron chi connectivity index (χ1n) is 6.13. The van der Waals surface area contributed by atoms with Gasteiger partial charge in [-0.3, -0.25) is 4.98 Å². The van der Waals surface area contributed by atoms with E-state index in [-0.39, 0.29) is 6.10 Å². The zero-order valence-corrected chi connectivity index (χ0v) is 10.9. The zero-order chi connectivity index (χ0) is 12.3. The lowest BCUT2D eigenvalue weighted by Crippen LogP contribution is -2.44. The molecule has 0 amide bonds. The molecule has 1 aromatic heterocycles. The maximum atomic E-state index is 5.25. The Morgan fingerprint density at radius 1 is 1.24 bits per heavy atom. The Bertz CT molecular complexity index is 344. The second-order valence-electron chi connectivity index (χ2n) is 4.61. The molecule has 1 atom stereocenters. The number of piperazine rings is 1. The number of likely N-dealkylation sites (N-methyl/N-ethyl adjacent to an activating group) is 1. The van der Waals surface area contributed by atoms with Crippen LogP contribution in [0.2, 0.25) is 0 Å². The Morgan fingerprint density at radius 2 is 1.94 bits per heavy atom. The van der Waals surface area contributed by atoms with E-state index in [0.717, 1.165) is 31.9 Å². The van der Waals surface area contributed by atoms with Crippen molar-refractivity contribution in [2.24, 2.45) is 0 Å². The molecule has 0 bridgehead atoms. The van der Waals surface area contributed by atoms with Gasteiger partial charge in [0.15, 0.2) is 0 Å². The van der Waals surface area contributed by atoms with Crippen molar-refractivity contribution in [1.29, 1.82) is 0 Å². The summed E-state index contributed by atoms with van der Waals surface area (Å²) in [6, 6.07) is 4.20. The van der Waals surface area contributed by atoms with Crippen LogP contribution in [-0.2, 0) is 4.74 Å². The number of aromatic nitrogens is 1. The van der Waals surface area contributed by atoms with Crippen molar-refractivity contribution < 1.29 is 4.74 Å². The predicted octanol–water partition coefficient (Wildman–Crippen LogP) is 1.54. The molecule has 94 valence electrons. The van der Waals surface area contributed by atoms with Gasteiger partial charge in [0.25, 0.3) is 0 Å². The van der Waals surface area contributed by atoms with Crippen LogP contribution >= 0.6 is 0 Å². The van der Waals surface area contributed by atoms with Gasteiger partial charge in [0.2, 0.25) is 0 Å². The number of anilines is 1. The van der Waals surface area contributed by atoms with E-state index in [2.05, 4.69) is 34.0 Å². The van der Waals surface area contributed by atoms with Gasteiger partial charge in [-0.1, -0.05) is 0 Å². The number of methoxy groups -OCH3 is 1. The number of hydrogen-bond donors (Lipinski definition) is 0. The zero-order valence-electron chi connectivity index (χ0n) is 10.9. The van der Waals surface area contributed by atoms with Crippen LogP contribution in [0.15, 0.2) is 18.3 Å². The van der Waals surface area contributed by atoms with E-state index in [1.54, 1.807) is 7.11 Å². The first-order valence-corrected chi connectivity index (χ1v) is 6.13. The van der Waals surface area contributed by atoms with Crippen LogP contribution in [0.25, 0.3) is 0 Å². The van der Waals surface area contributed by atoms with Crippen LogP contribution < -0.4 is 4.90 Å². The van der Waals surface area contributed by atoms with Crippen LogP contribution in [0.1, 0.15) is 18.7 Å². The molecule has 0 radical (unpaired) electrons. The predicted molar refractivity (Wildman–Crippen MR) is 69.4 cm³/mol. The third kappa shape index (κ3) is 2.96. The molecule has 1 fully saturated rings. The molecule has 1 aliphatic rings. The summed E-state index contributed by atoms with van der Waals surface area (Å²) in [5.74, 6) is 0. The quantitative estimate of drug-likeness (QED) is 0.794. The third-order valence-electron chi connectivity index (χ3n) is 3.41. The highest BCUT2D eigenvalue weighted by Gasteiger charge is 2.14. The Labute approximate surface area is 103 Å². The van der Waals surface area contributed by atoms with E-state index in [9.17, 15) is 0 Å². The summed E-state index contributed by atoms with van der Waals surface area (Å²) in [7, 11) is 3.87. The van der Waals surface area contributed by atoms with Crippen LogP contribution in [0, 0.1) is 0 Å². The molecule has 17 heavy (non-hydrogen) atoms. The Morgan fingerprint density at radius 3 is 2.47 bits per heavy atom. The highest BCUT2D eigenvalue weighted by atomic mass is 16.5. The van der Waals surface area contributed by atoms with Gasteiger partial charge in [0, 0.05) is 33.3 Å². The largest absolute Gasteiger partial charge is 0.375 e. The van der Waals surface area contributed by atoms with Crippen LogP contribution in [0.3, 0.4) is 0 Å². The summed E-state index contributed by atoms with van der Waals surface area (Å²) < 4.78 is 5.25. The molecular formula is C13H21N3O. The van der Waals surface area contributed by atoms with Crippen molar-refractivity contribution >= 4 is 5.69 Å². The molecule has 4 heteroatoms. The van der Waals surface area contributed by atoms with E-state index < -0.39 is 0 Å². The standard InChI is InChI=1S/C13H21N3O/c1-11(17-3)13-5-4-12(10-14-13)16-8-6-15(2)7-9-16/h4-5,10-11H,6-9H2,1-3H3. The van der Waals surface area contributed by atoms with Crippen molar-refractivity contribution in [3.05, 3.63) is 24.0 Å². The molecule has 2 rings (SSSR count). The monoisotopic (exact) mass is 235 g/mol. The van der Waals surface area contributed by atoms with Gasteiger partial charge >= 0.3 is 0 Å². The van der Waals surface area contributed by atoms with Gasteiger partial charge < -0.3 is 14.5 Å². The summed E-state index contributed by atoms with van der Waals surface area (Å²) in [4.78, 5) is 9.20. The van der Waals surface area contributed by atoms with Crippen LogP contribution in [0.4, 0.5) is 5.69 Å². The summed E-state index contributed by atoms with van der Waals surface area (Å²) in [5.41, 5.74) is 2.20. The number of pyridine rings is 1. The lowest BCUT2D eigenvalue weighted by molar-refractivity contribution is 0.116. The van der Waals surface area contributed by atoms with Crippen LogP contribution in [-0.4, -0.2) is 50.2 Å².